The van der Waals surface area contributed by atoms with E-state index in [2.05, 4.69) is 21.2 Å². The summed E-state index contributed by atoms with van der Waals surface area (Å²) >= 11 is 16.3. The smallest absolute Gasteiger partial charge is 0.264 e. The molecule has 3 rings (SSSR count). The molecule has 0 bridgehead atoms. The monoisotopic (exact) mass is 681 g/mol. The Bertz CT molecular complexity index is 1460. The van der Waals surface area contributed by atoms with Gasteiger partial charge in [0.1, 0.15) is 12.6 Å². The van der Waals surface area contributed by atoms with Gasteiger partial charge in [-0.05, 0) is 61.7 Å². The molecule has 1 N–H and O–H groups in total. The van der Waals surface area contributed by atoms with Crippen LogP contribution in [0.15, 0.2) is 76.1 Å². The summed E-state index contributed by atoms with van der Waals surface area (Å²) in [6.07, 6.45) is 0.291. The van der Waals surface area contributed by atoms with Gasteiger partial charge in [0.15, 0.2) is 0 Å². The third-order valence-corrected chi connectivity index (χ3v) is 9.43. The van der Waals surface area contributed by atoms with Gasteiger partial charge in [-0.1, -0.05) is 89.7 Å². The van der Waals surface area contributed by atoms with Gasteiger partial charge in [-0.15, -0.1) is 0 Å². The van der Waals surface area contributed by atoms with E-state index < -0.39 is 28.5 Å². The zero-order valence-electron chi connectivity index (χ0n) is 23.4. The second-order valence-corrected chi connectivity index (χ2v) is 13.7. The van der Waals surface area contributed by atoms with Crippen LogP contribution in [-0.2, 0) is 26.2 Å². The molecule has 0 aliphatic rings. The van der Waals surface area contributed by atoms with E-state index in [0.717, 1.165) is 9.87 Å². The first-order valence-electron chi connectivity index (χ1n) is 13.2. The second kappa shape index (κ2) is 14.5. The first-order valence-corrected chi connectivity index (χ1v) is 16.2. The van der Waals surface area contributed by atoms with Crippen LogP contribution in [0.1, 0.15) is 38.3 Å². The van der Waals surface area contributed by atoms with Crippen molar-refractivity contribution >= 4 is 66.7 Å². The largest absolute Gasteiger partial charge is 0.354 e. The van der Waals surface area contributed by atoms with Gasteiger partial charge in [0.2, 0.25) is 11.8 Å². The molecule has 0 saturated heterocycles. The van der Waals surface area contributed by atoms with E-state index in [1.807, 2.05) is 20.8 Å². The lowest BCUT2D eigenvalue weighted by atomic mass is 10.1. The molecule has 0 aromatic heterocycles. The van der Waals surface area contributed by atoms with E-state index in [4.69, 9.17) is 23.2 Å². The standard InChI is InChI=1S/C30H34BrCl2N3O4S/c1-5-28(30(38)34-17-20(2)3)35(18-25-26(32)10-7-11-27(25)33)29(37)19-36(23-9-6-8-22(31)16-23)41(39,40)24-14-12-21(4)13-15-24/h6-16,20,28H,5,17-19H2,1-4H3,(H,34,38)/t28-/m0/s1. The number of carbonyl (C=O) groups is 2. The van der Waals surface area contributed by atoms with Crippen molar-refractivity contribution in [1.29, 1.82) is 0 Å². The Morgan fingerprint density at radius 1 is 0.976 bits per heavy atom. The lowest BCUT2D eigenvalue weighted by Crippen LogP contribution is -2.52. The number of hydrogen-bond acceptors (Lipinski definition) is 4. The summed E-state index contributed by atoms with van der Waals surface area (Å²) in [5.41, 5.74) is 1.66. The summed E-state index contributed by atoms with van der Waals surface area (Å²) in [5.74, 6) is -0.721. The van der Waals surface area contributed by atoms with Gasteiger partial charge < -0.3 is 10.2 Å². The van der Waals surface area contributed by atoms with Crippen molar-refractivity contribution in [2.75, 3.05) is 17.4 Å². The molecular formula is C30H34BrCl2N3O4S. The number of amides is 2. The minimum absolute atomic E-state index is 0.0401. The molecule has 3 aromatic carbocycles. The van der Waals surface area contributed by atoms with Crippen LogP contribution >= 0.6 is 39.1 Å². The van der Waals surface area contributed by atoms with E-state index in [9.17, 15) is 18.0 Å². The van der Waals surface area contributed by atoms with Crippen LogP contribution in [-0.4, -0.2) is 44.3 Å². The molecule has 0 spiro atoms. The Hall–Kier alpha value is -2.59. The molecule has 220 valence electrons. The maximum Gasteiger partial charge on any atom is 0.264 e. The lowest BCUT2D eigenvalue weighted by molar-refractivity contribution is -0.140. The normalized spacial score (nSPS) is 12.2. The molecule has 0 aliphatic carbocycles. The number of rotatable bonds is 12. The molecule has 0 saturated carbocycles. The van der Waals surface area contributed by atoms with E-state index in [0.29, 0.717) is 38.7 Å². The molecule has 1 atom stereocenters. The quantitative estimate of drug-likeness (QED) is 0.227. The van der Waals surface area contributed by atoms with E-state index >= 15 is 0 Å². The molecule has 0 radical (unpaired) electrons. The fourth-order valence-corrected chi connectivity index (χ4v) is 6.50. The highest BCUT2D eigenvalue weighted by Gasteiger charge is 2.34. The highest BCUT2D eigenvalue weighted by atomic mass is 79.9. The average molecular weight is 683 g/mol. The van der Waals surface area contributed by atoms with Crippen molar-refractivity contribution < 1.29 is 18.0 Å². The van der Waals surface area contributed by atoms with Crippen molar-refractivity contribution in [3.8, 4) is 0 Å². The first-order chi connectivity index (χ1) is 19.3. The fourth-order valence-electron chi connectivity index (χ4n) is 4.19. The Balaban J connectivity index is 2.09. The van der Waals surface area contributed by atoms with Gasteiger partial charge in [-0.25, -0.2) is 8.42 Å². The molecule has 0 aliphatic heterocycles. The van der Waals surface area contributed by atoms with Crippen LogP contribution in [0.4, 0.5) is 5.69 Å². The number of hydrogen-bond donors (Lipinski definition) is 1. The molecular weight excluding hydrogens is 649 g/mol. The maximum absolute atomic E-state index is 14.2. The van der Waals surface area contributed by atoms with Crippen LogP contribution in [0.3, 0.4) is 0 Å². The van der Waals surface area contributed by atoms with Gasteiger partial charge in [0.25, 0.3) is 10.0 Å². The molecule has 7 nitrogen and oxygen atoms in total. The van der Waals surface area contributed by atoms with E-state index in [1.165, 1.54) is 17.0 Å². The van der Waals surface area contributed by atoms with E-state index in [-0.39, 0.29) is 23.3 Å². The summed E-state index contributed by atoms with van der Waals surface area (Å²) in [4.78, 5) is 28.9. The zero-order valence-corrected chi connectivity index (χ0v) is 27.3. The average Bonchev–Trinajstić information content (AvgIpc) is 2.92. The van der Waals surface area contributed by atoms with Gasteiger partial charge in [-0.3, -0.25) is 13.9 Å². The van der Waals surface area contributed by atoms with Crippen LogP contribution < -0.4 is 9.62 Å². The summed E-state index contributed by atoms with van der Waals surface area (Å²) in [5, 5.41) is 3.57. The van der Waals surface area contributed by atoms with Crippen molar-refractivity contribution in [3.63, 3.8) is 0 Å². The minimum Gasteiger partial charge on any atom is -0.354 e. The number of carbonyl (C=O) groups excluding carboxylic acids is 2. The molecule has 41 heavy (non-hydrogen) atoms. The minimum atomic E-state index is -4.17. The second-order valence-electron chi connectivity index (χ2n) is 10.1. The molecule has 0 heterocycles. The Kier molecular flexibility index (Phi) is 11.7. The van der Waals surface area contributed by atoms with Gasteiger partial charge in [-0.2, -0.15) is 0 Å². The number of benzene rings is 3. The number of anilines is 1. The summed E-state index contributed by atoms with van der Waals surface area (Å²) in [6, 6.07) is 17.2. The first kappa shape index (κ1) is 32.9. The van der Waals surface area contributed by atoms with E-state index in [1.54, 1.807) is 61.5 Å². The predicted octanol–water partition coefficient (Wildman–Crippen LogP) is 6.84. The highest BCUT2D eigenvalue weighted by molar-refractivity contribution is 9.10. The highest BCUT2D eigenvalue weighted by Crippen LogP contribution is 2.29. The predicted molar refractivity (Wildman–Crippen MR) is 169 cm³/mol. The Morgan fingerprint density at radius 3 is 2.15 bits per heavy atom. The zero-order chi connectivity index (χ0) is 30.3. The third kappa shape index (κ3) is 8.47. The molecule has 11 heteroatoms. The maximum atomic E-state index is 14.2. The van der Waals surface area contributed by atoms with Crippen molar-refractivity contribution in [1.82, 2.24) is 10.2 Å². The third-order valence-electron chi connectivity index (χ3n) is 6.44. The molecule has 3 aromatic rings. The summed E-state index contributed by atoms with van der Waals surface area (Å²) in [7, 11) is -4.17. The van der Waals surface area contributed by atoms with Crippen LogP contribution in [0.5, 0.6) is 0 Å². The Morgan fingerprint density at radius 2 is 1.59 bits per heavy atom. The van der Waals surface area contributed by atoms with Gasteiger partial charge in [0, 0.05) is 33.2 Å². The Labute approximate surface area is 261 Å². The molecule has 0 unspecified atom stereocenters. The van der Waals surface area contributed by atoms with Crippen LogP contribution in [0.25, 0.3) is 0 Å². The van der Waals surface area contributed by atoms with Crippen LogP contribution in [0.2, 0.25) is 10.0 Å². The van der Waals surface area contributed by atoms with Crippen molar-refractivity contribution in [2.24, 2.45) is 5.92 Å². The van der Waals surface area contributed by atoms with Gasteiger partial charge in [0.05, 0.1) is 10.6 Å². The SMILES string of the molecule is CC[C@@H](C(=O)NCC(C)C)N(Cc1c(Cl)cccc1Cl)C(=O)CN(c1cccc(Br)c1)S(=O)(=O)c1ccc(C)cc1. The number of nitrogens with zero attached hydrogens (tertiary/aromatic N) is 2. The molecule has 0 fully saturated rings. The van der Waals surface area contributed by atoms with Crippen LogP contribution in [0, 0.1) is 12.8 Å². The molecule has 2 amide bonds. The lowest BCUT2D eigenvalue weighted by Gasteiger charge is -2.33. The number of halogens is 3. The number of sulfonamides is 1. The van der Waals surface area contributed by atoms with Crippen molar-refractivity contribution in [3.05, 3.63) is 92.4 Å². The number of aryl methyl sites for hydroxylation is 1. The summed E-state index contributed by atoms with van der Waals surface area (Å²) in [6.45, 7) is 7.39. The van der Waals surface area contributed by atoms with Gasteiger partial charge >= 0.3 is 0 Å². The summed E-state index contributed by atoms with van der Waals surface area (Å²) < 4.78 is 29.6. The number of nitrogens with one attached hydrogen (secondary N) is 1. The fraction of sp³-hybridized carbons (Fsp3) is 0.333. The topological polar surface area (TPSA) is 86.8 Å². The van der Waals surface area contributed by atoms with Crippen molar-refractivity contribution in [2.45, 2.75) is 51.6 Å².